The Bertz CT molecular complexity index is 539. The molecule has 7 heteroatoms. The Balaban J connectivity index is 0.00000242. The number of carbonyl (C=O) groups is 2. The van der Waals surface area contributed by atoms with E-state index in [2.05, 4.69) is 5.32 Å². The lowest BCUT2D eigenvalue weighted by atomic mass is 10.1. The average Bonchev–Trinajstić information content (AvgIpc) is 2.87. The summed E-state index contributed by atoms with van der Waals surface area (Å²) in [7, 11) is 0. The average molecular weight is 347 g/mol. The van der Waals surface area contributed by atoms with E-state index in [4.69, 9.17) is 16.7 Å². The van der Waals surface area contributed by atoms with Crippen LogP contribution in [-0.4, -0.2) is 41.5 Å². The van der Waals surface area contributed by atoms with Crippen molar-refractivity contribution in [1.29, 1.82) is 0 Å². The number of halogens is 2. The van der Waals surface area contributed by atoms with E-state index in [0.29, 0.717) is 24.5 Å². The van der Waals surface area contributed by atoms with Crippen molar-refractivity contribution < 1.29 is 14.7 Å². The molecule has 1 aliphatic heterocycles. The second-order valence-electron chi connectivity index (χ2n) is 5.37. The number of nitrogens with one attached hydrogen (secondary N) is 1. The highest BCUT2D eigenvalue weighted by Gasteiger charge is 2.29. The maximum Gasteiger partial charge on any atom is 0.307 e. The van der Waals surface area contributed by atoms with Gasteiger partial charge >= 0.3 is 5.97 Å². The van der Waals surface area contributed by atoms with Gasteiger partial charge in [0.2, 0.25) is 5.91 Å². The van der Waals surface area contributed by atoms with Crippen LogP contribution in [0.15, 0.2) is 24.3 Å². The van der Waals surface area contributed by atoms with E-state index in [1.54, 1.807) is 6.07 Å². The quantitative estimate of drug-likeness (QED) is 0.858. The summed E-state index contributed by atoms with van der Waals surface area (Å²) >= 11 is 6.10. The molecule has 1 amide bonds. The van der Waals surface area contributed by atoms with E-state index in [9.17, 15) is 9.59 Å². The Kier molecular flexibility index (Phi) is 7.13. The SMILES string of the molecule is CC(NC(=O)CN1CCC(C(=O)O)C1)c1ccccc1Cl.Cl. The molecule has 122 valence electrons. The fourth-order valence-corrected chi connectivity index (χ4v) is 2.87. The highest BCUT2D eigenvalue weighted by atomic mass is 35.5. The number of hydrogen-bond donors (Lipinski definition) is 2. The Morgan fingerprint density at radius 3 is 2.73 bits per heavy atom. The van der Waals surface area contributed by atoms with Crippen molar-refractivity contribution in [3.8, 4) is 0 Å². The second kappa shape index (κ2) is 8.36. The Hall–Kier alpha value is -1.30. The topological polar surface area (TPSA) is 69.6 Å². The summed E-state index contributed by atoms with van der Waals surface area (Å²) in [6.45, 7) is 3.18. The monoisotopic (exact) mass is 346 g/mol. The molecule has 2 rings (SSSR count). The molecule has 0 aliphatic carbocycles. The van der Waals surface area contributed by atoms with Crippen LogP contribution in [0.4, 0.5) is 0 Å². The number of amides is 1. The lowest BCUT2D eigenvalue weighted by Gasteiger charge is -2.19. The van der Waals surface area contributed by atoms with Crippen molar-refractivity contribution in [3.63, 3.8) is 0 Å². The van der Waals surface area contributed by atoms with Crippen molar-refractivity contribution in [1.82, 2.24) is 10.2 Å². The number of nitrogens with zero attached hydrogens (tertiary/aromatic N) is 1. The van der Waals surface area contributed by atoms with Gasteiger partial charge in [-0.3, -0.25) is 14.5 Å². The first-order chi connectivity index (χ1) is 9.97. The summed E-state index contributed by atoms with van der Waals surface area (Å²) in [6, 6.07) is 7.21. The fourth-order valence-electron chi connectivity index (χ4n) is 2.57. The van der Waals surface area contributed by atoms with Crippen LogP contribution in [0.25, 0.3) is 0 Å². The molecule has 2 N–H and O–H groups in total. The van der Waals surface area contributed by atoms with Gasteiger partial charge in [0.15, 0.2) is 0 Å². The van der Waals surface area contributed by atoms with E-state index >= 15 is 0 Å². The van der Waals surface area contributed by atoms with Gasteiger partial charge in [0.05, 0.1) is 18.5 Å². The maximum absolute atomic E-state index is 12.0. The molecule has 1 aromatic carbocycles. The first-order valence-electron chi connectivity index (χ1n) is 6.96. The first kappa shape index (κ1) is 18.7. The predicted molar refractivity (Wildman–Crippen MR) is 87.4 cm³/mol. The zero-order valence-electron chi connectivity index (χ0n) is 12.3. The number of benzene rings is 1. The minimum absolute atomic E-state index is 0. The van der Waals surface area contributed by atoms with Gasteiger partial charge in [0, 0.05) is 11.6 Å². The van der Waals surface area contributed by atoms with Crippen LogP contribution in [0.5, 0.6) is 0 Å². The summed E-state index contributed by atoms with van der Waals surface area (Å²) in [6.07, 6.45) is 0.600. The molecular formula is C15H20Cl2N2O3. The number of carboxylic acids is 1. The Labute approximate surface area is 141 Å². The highest BCUT2D eigenvalue weighted by molar-refractivity contribution is 6.31. The summed E-state index contributed by atoms with van der Waals surface area (Å²) < 4.78 is 0. The van der Waals surface area contributed by atoms with Gasteiger partial charge in [-0.05, 0) is 31.5 Å². The van der Waals surface area contributed by atoms with Crippen LogP contribution in [0.2, 0.25) is 5.02 Å². The molecule has 1 aromatic rings. The molecule has 1 fully saturated rings. The van der Waals surface area contributed by atoms with E-state index in [1.807, 2.05) is 30.0 Å². The van der Waals surface area contributed by atoms with E-state index in [-0.39, 0.29) is 36.8 Å². The molecule has 2 atom stereocenters. The highest BCUT2D eigenvalue weighted by Crippen LogP contribution is 2.22. The van der Waals surface area contributed by atoms with Crippen LogP contribution < -0.4 is 5.32 Å². The third-order valence-corrected chi connectivity index (χ3v) is 4.08. The molecule has 2 unspecified atom stereocenters. The molecular weight excluding hydrogens is 327 g/mol. The molecule has 0 spiro atoms. The summed E-state index contributed by atoms with van der Waals surface area (Å²) in [5, 5.41) is 12.5. The maximum atomic E-state index is 12.0. The van der Waals surface area contributed by atoms with Gasteiger partial charge in [-0.25, -0.2) is 0 Å². The lowest BCUT2D eigenvalue weighted by Crippen LogP contribution is -2.37. The predicted octanol–water partition coefficient (Wildman–Crippen LogP) is 2.35. The minimum atomic E-state index is -0.789. The van der Waals surface area contributed by atoms with Crippen LogP contribution in [0, 0.1) is 5.92 Å². The standard InChI is InChI=1S/C15H19ClN2O3.ClH/c1-10(12-4-2-3-5-13(12)16)17-14(19)9-18-7-6-11(8-18)15(20)21;/h2-5,10-11H,6-9H2,1H3,(H,17,19)(H,20,21);1H. The molecule has 1 aliphatic rings. The van der Waals surface area contributed by atoms with Gasteiger partial charge in [0.1, 0.15) is 0 Å². The molecule has 0 saturated carbocycles. The normalized spacial score (nSPS) is 19.3. The molecule has 0 aromatic heterocycles. The second-order valence-corrected chi connectivity index (χ2v) is 5.78. The van der Waals surface area contributed by atoms with Crippen molar-refractivity contribution in [2.75, 3.05) is 19.6 Å². The first-order valence-corrected chi connectivity index (χ1v) is 7.34. The molecule has 0 bridgehead atoms. The number of carbonyl (C=O) groups excluding carboxylic acids is 1. The third-order valence-electron chi connectivity index (χ3n) is 3.74. The number of carboxylic acid groups (broad SMARTS) is 1. The van der Waals surface area contributed by atoms with Crippen LogP contribution in [0.1, 0.15) is 24.9 Å². The zero-order valence-corrected chi connectivity index (χ0v) is 13.9. The van der Waals surface area contributed by atoms with E-state index in [1.165, 1.54) is 0 Å². The van der Waals surface area contributed by atoms with Crippen molar-refractivity contribution in [3.05, 3.63) is 34.9 Å². The van der Waals surface area contributed by atoms with Gasteiger partial charge in [-0.1, -0.05) is 29.8 Å². The summed E-state index contributed by atoms with van der Waals surface area (Å²) in [5.41, 5.74) is 0.873. The zero-order chi connectivity index (χ0) is 15.4. The van der Waals surface area contributed by atoms with E-state index in [0.717, 1.165) is 5.56 Å². The summed E-state index contributed by atoms with van der Waals surface area (Å²) in [5.74, 6) is -1.27. The largest absolute Gasteiger partial charge is 0.481 e. The minimum Gasteiger partial charge on any atom is -0.481 e. The molecule has 22 heavy (non-hydrogen) atoms. The van der Waals surface area contributed by atoms with Gasteiger partial charge in [-0.15, -0.1) is 12.4 Å². The molecule has 5 nitrogen and oxygen atoms in total. The van der Waals surface area contributed by atoms with Crippen LogP contribution in [-0.2, 0) is 9.59 Å². The fraction of sp³-hybridized carbons (Fsp3) is 0.467. The van der Waals surface area contributed by atoms with E-state index < -0.39 is 5.97 Å². The van der Waals surface area contributed by atoms with Crippen molar-refractivity contribution >= 4 is 35.9 Å². The summed E-state index contributed by atoms with van der Waals surface area (Å²) in [4.78, 5) is 24.8. The van der Waals surface area contributed by atoms with Gasteiger partial charge in [-0.2, -0.15) is 0 Å². The van der Waals surface area contributed by atoms with Crippen molar-refractivity contribution in [2.24, 2.45) is 5.92 Å². The Morgan fingerprint density at radius 2 is 2.14 bits per heavy atom. The van der Waals surface area contributed by atoms with Crippen LogP contribution in [0.3, 0.4) is 0 Å². The number of likely N-dealkylation sites (tertiary alicyclic amines) is 1. The smallest absolute Gasteiger partial charge is 0.307 e. The number of rotatable bonds is 5. The van der Waals surface area contributed by atoms with Crippen LogP contribution >= 0.6 is 24.0 Å². The Morgan fingerprint density at radius 1 is 1.45 bits per heavy atom. The molecule has 0 radical (unpaired) electrons. The van der Waals surface area contributed by atoms with Gasteiger partial charge in [0.25, 0.3) is 0 Å². The lowest BCUT2D eigenvalue weighted by molar-refractivity contribution is -0.141. The molecule has 1 saturated heterocycles. The van der Waals surface area contributed by atoms with Crippen molar-refractivity contribution in [2.45, 2.75) is 19.4 Å². The number of hydrogen-bond acceptors (Lipinski definition) is 3. The molecule has 1 heterocycles. The third kappa shape index (κ3) is 4.87. The van der Waals surface area contributed by atoms with Gasteiger partial charge < -0.3 is 10.4 Å². The number of aliphatic carboxylic acids is 1.